The average Bonchev–Trinajstić information content (AvgIpc) is 1.86. The van der Waals surface area contributed by atoms with E-state index in [0.29, 0.717) is 0 Å². The van der Waals surface area contributed by atoms with E-state index in [9.17, 15) is 14.0 Å². The van der Waals surface area contributed by atoms with E-state index in [2.05, 4.69) is 0 Å². The first-order valence-corrected chi connectivity index (χ1v) is 3.16. The van der Waals surface area contributed by atoms with Crippen molar-refractivity contribution in [3.63, 3.8) is 0 Å². The second-order valence-corrected chi connectivity index (χ2v) is 2.44. The Morgan fingerprint density at radius 1 is 1.50 bits per heavy atom. The van der Waals surface area contributed by atoms with Crippen LogP contribution in [0.2, 0.25) is 0 Å². The van der Waals surface area contributed by atoms with Crippen LogP contribution in [0.5, 0.6) is 0 Å². The van der Waals surface area contributed by atoms with E-state index < -0.39 is 17.2 Å². The Bertz CT molecular complexity index is 161. The Labute approximate surface area is 59.4 Å². The summed E-state index contributed by atoms with van der Waals surface area (Å²) in [4.78, 5) is 21.0. The predicted octanol–water partition coefficient (Wildman–Crippen LogP) is 1.28. The molecule has 0 aromatic rings. The van der Waals surface area contributed by atoms with Crippen LogP contribution < -0.4 is 0 Å². The van der Waals surface area contributed by atoms with Crippen molar-refractivity contribution in [2.24, 2.45) is 0 Å². The molecule has 0 aromatic heterocycles. The van der Waals surface area contributed by atoms with Gasteiger partial charge in [0.25, 0.3) is 0 Å². The minimum absolute atomic E-state index is 0.0470. The highest BCUT2D eigenvalue weighted by atomic mass is 19.1. The first-order valence-electron chi connectivity index (χ1n) is 3.16. The van der Waals surface area contributed by atoms with E-state index in [-0.39, 0.29) is 6.42 Å². The van der Waals surface area contributed by atoms with Gasteiger partial charge in [-0.1, -0.05) is 6.92 Å². The second kappa shape index (κ2) is 2.90. The number of halogens is 1. The summed E-state index contributed by atoms with van der Waals surface area (Å²) in [5.41, 5.74) is -1.97. The average molecular weight is 146 g/mol. The fraction of sp³-hybridized carbons (Fsp3) is 0.714. The smallest absolute Gasteiger partial charge is 0.234 e. The number of rotatable bonds is 3. The van der Waals surface area contributed by atoms with Gasteiger partial charge in [-0.25, -0.2) is 4.39 Å². The van der Waals surface area contributed by atoms with Crippen molar-refractivity contribution in [3.05, 3.63) is 0 Å². The van der Waals surface area contributed by atoms with Gasteiger partial charge in [0.15, 0.2) is 11.5 Å². The standard InChI is InChI=1S/C7H11FO2/c1-4-7(3,8)6(10)5(2)9/h4H2,1-3H3. The highest BCUT2D eigenvalue weighted by Crippen LogP contribution is 2.15. The summed E-state index contributed by atoms with van der Waals surface area (Å²) >= 11 is 0. The van der Waals surface area contributed by atoms with E-state index in [1.165, 1.54) is 6.92 Å². The fourth-order valence-electron chi connectivity index (χ4n) is 0.528. The van der Waals surface area contributed by atoms with Crippen molar-refractivity contribution in [1.29, 1.82) is 0 Å². The predicted molar refractivity (Wildman–Crippen MR) is 35.5 cm³/mol. The molecule has 0 saturated carbocycles. The SMILES string of the molecule is CCC(C)(F)C(=O)C(C)=O. The van der Waals surface area contributed by atoms with Crippen LogP contribution in [0.4, 0.5) is 4.39 Å². The van der Waals surface area contributed by atoms with Gasteiger partial charge in [-0.15, -0.1) is 0 Å². The summed E-state index contributed by atoms with van der Waals surface area (Å²) < 4.78 is 12.9. The normalized spacial score (nSPS) is 16.0. The van der Waals surface area contributed by atoms with Gasteiger partial charge < -0.3 is 0 Å². The van der Waals surface area contributed by atoms with Crippen molar-refractivity contribution >= 4 is 11.6 Å². The van der Waals surface area contributed by atoms with E-state index >= 15 is 0 Å². The lowest BCUT2D eigenvalue weighted by Crippen LogP contribution is -2.34. The fourth-order valence-corrected chi connectivity index (χ4v) is 0.528. The van der Waals surface area contributed by atoms with Crippen LogP contribution in [0.25, 0.3) is 0 Å². The third-order valence-corrected chi connectivity index (χ3v) is 1.46. The molecule has 0 bridgehead atoms. The zero-order chi connectivity index (χ0) is 8.36. The monoisotopic (exact) mass is 146 g/mol. The molecule has 0 heterocycles. The molecule has 0 aromatic carbocycles. The van der Waals surface area contributed by atoms with Crippen LogP contribution in [0.15, 0.2) is 0 Å². The summed E-state index contributed by atoms with van der Waals surface area (Å²) in [5.74, 6) is -1.65. The Hall–Kier alpha value is -0.730. The first-order chi connectivity index (χ1) is 4.41. The molecule has 3 heteroatoms. The molecule has 0 saturated heterocycles. The molecule has 58 valence electrons. The maximum Gasteiger partial charge on any atom is 0.234 e. The summed E-state index contributed by atoms with van der Waals surface area (Å²) in [6, 6.07) is 0. The quantitative estimate of drug-likeness (QED) is 0.562. The molecule has 0 rings (SSSR count). The molecule has 10 heavy (non-hydrogen) atoms. The lowest BCUT2D eigenvalue weighted by atomic mass is 9.98. The highest BCUT2D eigenvalue weighted by Gasteiger charge is 2.33. The van der Waals surface area contributed by atoms with Gasteiger partial charge in [-0.3, -0.25) is 9.59 Å². The molecule has 0 N–H and O–H groups in total. The minimum Gasteiger partial charge on any atom is -0.291 e. The van der Waals surface area contributed by atoms with Crippen molar-refractivity contribution in [3.8, 4) is 0 Å². The Balaban J connectivity index is 4.33. The number of Topliss-reactive ketones (excluding diaryl/α,β-unsaturated/α-hetero) is 2. The second-order valence-electron chi connectivity index (χ2n) is 2.44. The van der Waals surface area contributed by atoms with Crippen LogP contribution in [-0.2, 0) is 9.59 Å². The van der Waals surface area contributed by atoms with Crippen LogP contribution in [0.1, 0.15) is 27.2 Å². The lowest BCUT2D eigenvalue weighted by Gasteiger charge is -2.13. The van der Waals surface area contributed by atoms with Gasteiger partial charge in [0.1, 0.15) is 0 Å². The Morgan fingerprint density at radius 3 is 2.00 bits per heavy atom. The maximum atomic E-state index is 12.9. The van der Waals surface area contributed by atoms with Crippen molar-refractivity contribution in [2.75, 3.05) is 0 Å². The topological polar surface area (TPSA) is 34.1 Å². The van der Waals surface area contributed by atoms with Crippen LogP contribution >= 0.6 is 0 Å². The molecule has 0 fully saturated rings. The van der Waals surface area contributed by atoms with E-state index in [4.69, 9.17) is 0 Å². The number of carbonyl (C=O) groups is 2. The highest BCUT2D eigenvalue weighted by molar-refractivity contribution is 6.39. The van der Waals surface area contributed by atoms with Crippen LogP contribution in [-0.4, -0.2) is 17.2 Å². The molecule has 0 aliphatic rings. The minimum atomic E-state index is -1.97. The molecular formula is C7H11FO2. The largest absolute Gasteiger partial charge is 0.291 e. The third kappa shape index (κ3) is 1.90. The first kappa shape index (κ1) is 9.27. The molecule has 1 unspecified atom stereocenters. The van der Waals surface area contributed by atoms with Gasteiger partial charge in [-0.2, -0.15) is 0 Å². The van der Waals surface area contributed by atoms with Gasteiger partial charge in [0, 0.05) is 6.92 Å². The van der Waals surface area contributed by atoms with Gasteiger partial charge in [-0.05, 0) is 13.3 Å². The number of alkyl halides is 1. The molecule has 2 nitrogen and oxygen atoms in total. The van der Waals surface area contributed by atoms with Crippen LogP contribution in [0, 0.1) is 0 Å². The molecule has 0 spiro atoms. The third-order valence-electron chi connectivity index (χ3n) is 1.46. The summed E-state index contributed by atoms with van der Waals surface area (Å²) in [7, 11) is 0. The van der Waals surface area contributed by atoms with E-state index in [1.54, 1.807) is 0 Å². The molecule has 0 radical (unpaired) electrons. The van der Waals surface area contributed by atoms with Crippen molar-refractivity contribution in [2.45, 2.75) is 32.9 Å². The lowest BCUT2D eigenvalue weighted by molar-refractivity contribution is -0.142. The number of hydrogen-bond donors (Lipinski definition) is 0. The van der Waals surface area contributed by atoms with E-state index in [0.717, 1.165) is 13.8 Å². The van der Waals surface area contributed by atoms with Crippen molar-refractivity contribution < 1.29 is 14.0 Å². The van der Waals surface area contributed by atoms with Crippen molar-refractivity contribution in [1.82, 2.24) is 0 Å². The van der Waals surface area contributed by atoms with Gasteiger partial charge in [0.2, 0.25) is 5.78 Å². The van der Waals surface area contributed by atoms with Gasteiger partial charge >= 0.3 is 0 Å². The zero-order valence-corrected chi connectivity index (χ0v) is 6.40. The Morgan fingerprint density at radius 2 is 1.90 bits per heavy atom. The Kier molecular flexibility index (Phi) is 2.69. The maximum absolute atomic E-state index is 12.9. The van der Waals surface area contributed by atoms with Gasteiger partial charge in [0.05, 0.1) is 0 Å². The summed E-state index contributed by atoms with van der Waals surface area (Å²) in [6.45, 7) is 3.73. The molecule has 0 aliphatic carbocycles. The number of hydrogen-bond acceptors (Lipinski definition) is 2. The number of carbonyl (C=O) groups excluding carboxylic acids is 2. The molecule has 0 aliphatic heterocycles. The van der Waals surface area contributed by atoms with E-state index in [1.807, 2.05) is 0 Å². The summed E-state index contributed by atoms with van der Waals surface area (Å²) in [6.07, 6.45) is 0.0470. The summed E-state index contributed by atoms with van der Waals surface area (Å²) in [5, 5.41) is 0. The molecule has 0 amide bonds. The number of ketones is 2. The van der Waals surface area contributed by atoms with Crippen LogP contribution in [0.3, 0.4) is 0 Å². The zero-order valence-electron chi connectivity index (χ0n) is 6.40. The molecular weight excluding hydrogens is 135 g/mol. The molecule has 1 atom stereocenters.